The maximum Gasteiger partial charge on any atom is 0.119 e. The molecule has 1 aromatic heterocycles. The molecule has 0 radical (unpaired) electrons. The van der Waals surface area contributed by atoms with Crippen LogP contribution in [0, 0.1) is 6.92 Å². The minimum atomic E-state index is 0.642. The highest BCUT2D eigenvalue weighted by atomic mass is 16.5. The van der Waals surface area contributed by atoms with E-state index in [0.717, 1.165) is 29.1 Å². The zero-order valence-electron chi connectivity index (χ0n) is 10.2. The van der Waals surface area contributed by atoms with Crippen molar-refractivity contribution in [2.75, 3.05) is 12.3 Å². The van der Waals surface area contributed by atoms with E-state index >= 15 is 0 Å². The van der Waals surface area contributed by atoms with Crippen molar-refractivity contribution < 1.29 is 4.74 Å². The number of hydrogen-bond donors (Lipinski definition) is 1. The fraction of sp³-hybridized carbons (Fsp3) is 0.308. The topological polar surface area (TPSA) is 53.1 Å². The fourth-order valence-corrected chi connectivity index (χ4v) is 1.66. The number of anilines is 1. The molecule has 0 saturated carbocycles. The summed E-state index contributed by atoms with van der Waals surface area (Å²) in [7, 11) is 1.93. The van der Waals surface area contributed by atoms with Crippen molar-refractivity contribution in [3.8, 4) is 5.75 Å². The van der Waals surface area contributed by atoms with E-state index in [9.17, 15) is 0 Å². The van der Waals surface area contributed by atoms with E-state index in [2.05, 4.69) is 5.10 Å². The average Bonchev–Trinajstić information content (AvgIpc) is 2.70. The molecular weight excluding hydrogens is 214 g/mol. The fourth-order valence-electron chi connectivity index (χ4n) is 1.66. The van der Waals surface area contributed by atoms with Crippen LogP contribution in [0.2, 0.25) is 0 Å². The molecule has 0 aliphatic rings. The number of ether oxygens (including phenoxy) is 1. The first-order valence-electron chi connectivity index (χ1n) is 5.62. The van der Waals surface area contributed by atoms with E-state index in [1.165, 1.54) is 0 Å². The van der Waals surface area contributed by atoms with Gasteiger partial charge in [0.15, 0.2) is 0 Å². The third-order valence-electron chi connectivity index (χ3n) is 2.79. The summed E-state index contributed by atoms with van der Waals surface area (Å²) >= 11 is 0. The second kappa shape index (κ2) is 4.91. The number of aromatic nitrogens is 2. The molecule has 0 aliphatic heterocycles. The molecule has 4 heteroatoms. The lowest BCUT2D eigenvalue weighted by Gasteiger charge is -2.08. The van der Waals surface area contributed by atoms with Crippen LogP contribution in [-0.2, 0) is 13.5 Å². The van der Waals surface area contributed by atoms with Crippen LogP contribution in [0.1, 0.15) is 11.3 Å². The first-order valence-corrected chi connectivity index (χ1v) is 5.62. The Morgan fingerprint density at radius 3 is 2.82 bits per heavy atom. The van der Waals surface area contributed by atoms with Crippen LogP contribution in [0.15, 0.2) is 30.5 Å². The number of nitrogen functional groups attached to an aromatic ring is 1. The summed E-state index contributed by atoms with van der Waals surface area (Å²) in [5.41, 5.74) is 8.75. The van der Waals surface area contributed by atoms with Gasteiger partial charge in [0.1, 0.15) is 5.75 Å². The Labute approximate surface area is 101 Å². The van der Waals surface area contributed by atoms with E-state index < -0.39 is 0 Å². The van der Waals surface area contributed by atoms with Gasteiger partial charge in [-0.15, -0.1) is 0 Å². The maximum absolute atomic E-state index is 5.75. The molecule has 0 bridgehead atoms. The Kier molecular flexibility index (Phi) is 3.32. The minimum Gasteiger partial charge on any atom is -0.493 e. The molecule has 4 nitrogen and oxygen atoms in total. The first-order chi connectivity index (χ1) is 8.16. The predicted molar refractivity (Wildman–Crippen MR) is 68.0 cm³/mol. The van der Waals surface area contributed by atoms with Crippen molar-refractivity contribution in [1.29, 1.82) is 0 Å². The Morgan fingerprint density at radius 1 is 1.35 bits per heavy atom. The SMILES string of the molecule is Cc1cc(OCCc2ccnn2C)ccc1N. The Hall–Kier alpha value is -1.97. The average molecular weight is 231 g/mol. The smallest absolute Gasteiger partial charge is 0.119 e. The van der Waals surface area contributed by atoms with Gasteiger partial charge < -0.3 is 10.5 Å². The lowest BCUT2D eigenvalue weighted by atomic mass is 10.2. The summed E-state index contributed by atoms with van der Waals surface area (Å²) in [5.74, 6) is 0.860. The lowest BCUT2D eigenvalue weighted by Crippen LogP contribution is -2.06. The van der Waals surface area contributed by atoms with E-state index in [4.69, 9.17) is 10.5 Å². The molecule has 0 amide bonds. The number of nitrogens with two attached hydrogens (primary N) is 1. The van der Waals surface area contributed by atoms with Gasteiger partial charge in [-0.05, 0) is 36.8 Å². The van der Waals surface area contributed by atoms with E-state index in [1.54, 1.807) is 6.20 Å². The van der Waals surface area contributed by atoms with E-state index in [0.29, 0.717) is 6.61 Å². The summed E-state index contributed by atoms with van der Waals surface area (Å²) in [6.45, 7) is 2.62. The molecule has 2 N–H and O–H groups in total. The zero-order chi connectivity index (χ0) is 12.3. The van der Waals surface area contributed by atoms with Gasteiger partial charge in [-0.25, -0.2) is 0 Å². The summed E-state index contributed by atoms with van der Waals surface area (Å²) in [6, 6.07) is 7.72. The van der Waals surface area contributed by atoms with Gasteiger partial charge in [-0.3, -0.25) is 4.68 Å². The molecule has 90 valence electrons. The van der Waals surface area contributed by atoms with Crippen molar-refractivity contribution in [2.24, 2.45) is 7.05 Å². The van der Waals surface area contributed by atoms with Crippen LogP contribution >= 0.6 is 0 Å². The van der Waals surface area contributed by atoms with Crippen molar-refractivity contribution in [1.82, 2.24) is 9.78 Å². The van der Waals surface area contributed by atoms with Crippen LogP contribution in [0.25, 0.3) is 0 Å². The third-order valence-corrected chi connectivity index (χ3v) is 2.79. The normalized spacial score (nSPS) is 10.5. The second-order valence-corrected chi connectivity index (χ2v) is 4.06. The van der Waals surface area contributed by atoms with E-state index in [-0.39, 0.29) is 0 Å². The molecule has 0 saturated heterocycles. The third kappa shape index (κ3) is 2.78. The van der Waals surface area contributed by atoms with Crippen molar-refractivity contribution in [2.45, 2.75) is 13.3 Å². The molecule has 2 aromatic rings. The van der Waals surface area contributed by atoms with Gasteiger partial charge in [0, 0.05) is 31.0 Å². The Balaban J connectivity index is 1.90. The largest absolute Gasteiger partial charge is 0.493 e. The Morgan fingerprint density at radius 2 is 2.18 bits per heavy atom. The van der Waals surface area contributed by atoms with E-state index in [1.807, 2.05) is 42.9 Å². The number of nitrogens with zero attached hydrogens (tertiary/aromatic N) is 2. The number of hydrogen-bond acceptors (Lipinski definition) is 3. The highest BCUT2D eigenvalue weighted by molar-refractivity contribution is 5.49. The monoisotopic (exact) mass is 231 g/mol. The van der Waals surface area contributed by atoms with Crippen molar-refractivity contribution >= 4 is 5.69 Å². The second-order valence-electron chi connectivity index (χ2n) is 4.06. The summed E-state index contributed by atoms with van der Waals surface area (Å²) in [6.07, 6.45) is 2.64. The molecule has 0 unspecified atom stereocenters. The molecule has 1 aromatic carbocycles. The lowest BCUT2D eigenvalue weighted by molar-refractivity contribution is 0.318. The highest BCUT2D eigenvalue weighted by Crippen LogP contribution is 2.18. The number of benzene rings is 1. The number of aryl methyl sites for hydroxylation is 2. The van der Waals surface area contributed by atoms with Crippen LogP contribution < -0.4 is 10.5 Å². The zero-order valence-corrected chi connectivity index (χ0v) is 10.2. The van der Waals surface area contributed by atoms with Gasteiger partial charge in [0.25, 0.3) is 0 Å². The van der Waals surface area contributed by atoms with Gasteiger partial charge in [-0.2, -0.15) is 5.10 Å². The van der Waals surface area contributed by atoms with Gasteiger partial charge >= 0.3 is 0 Å². The molecule has 2 rings (SSSR count). The predicted octanol–water partition coefficient (Wildman–Crippen LogP) is 1.93. The molecule has 0 aliphatic carbocycles. The van der Waals surface area contributed by atoms with Gasteiger partial charge in [0.05, 0.1) is 6.61 Å². The quantitative estimate of drug-likeness (QED) is 0.818. The van der Waals surface area contributed by atoms with Crippen LogP contribution in [-0.4, -0.2) is 16.4 Å². The Bertz CT molecular complexity index is 505. The molecular formula is C13H17N3O. The van der Waals surface area contributed by atoms with Crippen LogP contribution in [0.3, 0.4) is 0 Å². The molecule has 0 atom stereocenters. The molecule has 17 heavy (non-hydrogen) atoms. The van der Waals surface area contributed by atoms with Crippen molar-refractivity contribution in [3.63, 3.8) is 0 Å². The summed E-state index contributed by atoms with van der Waals surface area (Å²) < 4.78 is 7.53. The van der Waals surface area contributed by atoms with Gasteiger partial charge in [-0.1, -0.05) is 0 Å². The standard InChI is InChI=1S/C13H17N3O/c1-10-9-12(3-4-13(10)14)17-8-6-11-5-7-15-16(11)2/h3-5,7,9H,6,8,14H2,1-2H3. The van der Waals surface area contributed by atoms with Crippen LogP contribution in [0.5, 0.6) is 5.75 Å². The highest BCUT2D eigenvalue weighted by Gasteiger charge is 2.00. The van der Waals surface area contributed by atoms with Crippen LogP contribution in [0.4, 0.5) is 5.69 Å². The number of rotatable bonds is 4. The maximum atomic E-state index is 5.75. The molecule has 0 fully saturated rings. The molecule has 0 spiro atoms. The van der Waals surface area contributed by atoms with Gasteiger partial charge in [0.2, 0.25) is 0 Å². The van der Waals surface area contributed by atoms with Crippen molar-refractivity contribution in [3.05, 3.63) is 41.7 Å². The summed E-state index contributed by atoms with van der Waals surface area (Å²) in [4.78, 5) is 0. The summed E-state index contributed by atoms with van der Waals surface area (Å²) in [5, 5.41) is 4.11. The minimum absolute atomic E-state index is 0.642. The molecule has 1 heterocycles. The first kappa shape index (κ1) is 11.5.